The van der Waals surface area contributed by atoms with Crippen LogP contribution in [0.5, 0.6) is 11.5 Å². The van der Waals surface area contributed by atoms with Crippen molar-refractivity contribution in [3.63, 3.8) is 0 Å². The van der Waals surface area contributed by atoms with E-state index >= 15 is 0 Å². The molecule has 1 aliphatic rings. The summed E-state index contributed by atoms with van der Waals surface area (Å²) >= 11 is 0. The normalized spacial score (nSPS) is 12.8. The standard InChI is InChI=1S/C24H24N2O5S/c1-2-26(17-18-7-4-3-5-8-18)24(27)19-9-6-10-20(15-19)25-32(28,29)21-11-12-22-23(16-21)31-14-13-30-22/h3-12,15-16,25H,2,13-14,17H2,1H3. The molecule has 0 atom stereocenters. The lowest BCUT2D eigenvalue weighted by atomic mass is 10.1. The van der Waals surface area contributed by atoms with Crippen molar-refractivity contribution in [1.29, 1.82) is 0 Å². The molecule has 0 aliphatic carbocycles. The predicted octanol–water partition coefficient (Wildman–Crippen LogP) is 3.92. The second kappa shape index (κ2) is 9.32. The third-order valence-electron chi connectivity index (χ3n) is 5.07. The number of hydrogen-bond donors (Lipinski definition) is 1. The molecule has 0 spiro atoms. The zero-order valence-corrected chi connectivity index (χ0v) is 18.5. The van der Waals surface area contributed by atoms with E-state index in [1.807, 2.05) is 37.3 Å². The zero-order chi connectivity index (χ0) is 22.6. The fourth-order valence-electron chi connectivity index (χ4n) is 3.43. The number of benzene rings is 3. The minimum atomic E-state index is -3.87. The molecule has 1 aliphatic heterocycles. The maximum Gasteiger partial charge on any atom is 0.262 e. The van der Waals surface area contributed by atoms with Crippen LogP contribution in [-0.2, 0) is 16.6 Å². The molecule has 32 heavy (non-hydrogen) atoms. The highest BCUT2D eigenvalue weighted by atomic mass is 32.2. The average molecular weight is 453 g/mol. The third kappa shape index (κ3) is 4.86. The smallest absolute Gasteiger partial charge is 0.262 e. The minimum Gasteiger partial charge on any atom is -0.486 e. The Hall–Kier alpha value is -3.52. The second-order valence-electron chi connectivity index (χ2n) is 7.30. The molecule has 0 aromatic heterocycles. The maximum atomic E-state index is 13.0. The highest BCUT2D eigenvalue weighted by Gasteiger charge is 2.21. The summed E-state index contributed by atoms with van der Waals surface area (Å²) in [6.45, 7) is 3.71. The fourth-order valence-corrected chi connectivity index (χ4v) is 4.50. The predicted molar refractivity (Wildman–Crippen MR) is 122 cm³/mol. The first kappa shape index (κ1) is 21.7. The quantitative estimate of drug-likeness (QED) is 0.587. The number of sulfonamides is 1. The van der Waals surface area contributed by atoms with Gasteiger partial charge in [-0.1, -0.05) is 36.4 Å². The molecule has 166 valence electrons. The third-order valence-corrected chi connectivity index (χ3v) is 6.45. The fraction of sp³-hybridized carbons (Fsp3) is 0.208. The van der Waals surface area contributed by atoms with E-state index in [1.54, 1.807) is 35.2 Å². The van der Waals surface area contributed by atoms with Crippen LogP contribution in [0, 0.1) is 0 Å². The SMILES string of the molecule is CCN(Cc1ccccc1)C(=O)c1cccc(NS(=O)(=O)c2ccc3c(c2)OCCO3)c1. The van der Waals surface area contributed by atoms with Gasteiger partial charge >= 0.3 is 0 Å². The van der Waals surface area contributed by atoms with Crippen molar-refractivity contribution in [3.8, 4) is 11.5 Å². The van der Waals surface area contributed by atoms with E-state index in [-0.39, 0.29) is 10.8 Å². The number of amides is 1. The molecule has 7 nitrogen and oxygen atoms in total. The van der Waals surface area contributed by atoms with E-state index < -0.39 is 10.0 Å². The summed E-state index contributed by atoms with van der Waals surface area (Å²) in [5, 5.41) is 0. The summed E-state index contributed by atoms with van der Waals surface area (Å²) in [5.41, 5.74) is 1.74. The molecule has 0 fully saturated rings. The monoisotopic (exact) mass is 452 g/mol. The van der Waals surface area contributed by atoms with Crippen molar-refractivity contribution >= 4 is 21.6 Å². The topological polar surface area (TPSA) is 84.9 Å². The van der Waals surface area contributed by atoms with Crippen LogP contribution in [0.2, 0.25) is 0 Å². The first-order chi connectivity index (χ1) is 15.5. The number of rotatable bonds is 7. The molecule has 4 rings (SSSR count). The van der Waals surface area contributed by atoms with Gasteiger partial charge < -0.3 is 14.4 Å². The van der Waals surface area contributed by atoms with Gasteiger partial charge in [-0.25, -0.2) is 8.42 Å². The van der Waals surface area contributed by atoms with Crippen molar-refractivity contribution < 1.29 is 22.7 Å². The molecule has 1 N–H and O–H groups in total. The number of nitrogens with one attached hydrogen (secondary N) is 1. The number of nitrogens with zero attached hydrogens (tertiary/aromatic N) is 1. The number of carbonyl (C=O) groups is 1. The number of fused-ring (bicyclic) bond motifs is 1. The molecular weight excluding hydrogens is 428 g/mol. The van der Waals surface area contributed by atoms with Gasteiger partial charge in [-0.15, -0.1) is 0 Å². The van der Waals surface area contributed by atoms with Gasteiger partial charge in [-0.05, 0) is 42.8 Å². The van der Waals surface area contributed by atoms with Gasteiger partial charge in [0, 0.05) is 30.4 Å². The van der Waals surface area contributed by atoms with E-state index in [0.29, 0.717) is 49.1 Å². The van der Waals surface area contributed by atoms with Crippen LogP contribution in [0.1, 0.15) is 22.8 Å². The molecular formula is C24H24N2O5S. The maximum absolute atomic E-state index is 13.0. The minimum absolute atomic E-state index is 0.0535. The van der Waals surface area contributed by atoms with Crippen LogP contribution < -0.4 is 14.2 Å². The number of anilines is 1. The van der Waals surface area contributed by atoms with Crippen molar-refractivity contribution in [2.75, 3.05) is 24.5 Å². The summed E-state index contributed by atoms with van der Waals surface area (Å²) < 4.78 is 39.3. The van der Waals surface area contributed by atoms with E-state index in [1.165, 1.54) is 12.1 Å². The lowest BCUT2D eigenvalue weighted by Crippen LogP contribution is -2.30. The van der Waals surface area contributed by atoms with Crippen LogP contribution >= 0.6 is 0 Å². The van der Waals surface area contributed by atoms with Crippen LogP contribution in [0.25, 0.3) is 0 Å². The zero-order valence-electron chi connectivity index (χ0n) is 17.7. The number of hydrogen-bond acceptors (Lipinski definition) is 5. The van der Waals surface area contributed by atoms with Crippen LogP contribution in [-0.4, -0.2) is 39.0 Å². The largest absolute Gasteiger partial charge is 0.486 e. The summed E-state index contributed by atoms with van der Waals surface area (Å²) in [5.74, 6) is 0.736. The Kier molecular flexibility index (Phi) is 6.32. The molecule has 0 unspecified atom stereocenters. The Morgan fingerprint density at radius 3 is 2.44 bits per heavy atom. The lowest BCUT2D eigenvalue weighted by Gasteiger charge is -2.21. The van der Waals surface area contributed by atoms with Gasteiger partial charge in [0.05, 0.1) is 4.90 Å². The summed E-state index contributed by atoms with van der Waals surface area (Å²) in [6.07, 6.45) is 0. The Labute approximate surface area is 187 Å². The molecule has 0 radical (unpaired) electrons. The molecule has 3 aromatic rings. The summed E-state index contributed by atoms with van der Waals surface area (Å²) in [6, 6.07) is 20.7. The molecule has 1 heterocycles. The van der Waals surface area contributed by atoms with Gasteiger partial charge in [0.25, 0.3) is 15.9 Å². The van der Waals surface area contributed by atoms with Gasteiger partial charge in [-0.2, -0.15) is 0 Å². The first-order valence-electron chi connectivity index (χ1n) is 10.3. The molecule has 0 bridgehead atoms. The number of ether oxygens (including phenoxy) is 2. The molecule has 0 saturated heterocycles. The Balaban J connectivity index is 1.52. The second-order valence-corrected chi connectivity index (χ2v) is 8.98. The Morgan fingerprint density at radius 2 is 1.69 bits per heavy atom. The van der Waals surface area contributed by atoms with Crippen LogP contribution in [0.4, 0.5) is 5.69 Å². The van der Waals surface area contributed by atoms with Gasteiger partial charge in [0.1, 0.15) is 13.2 Å². The Bertz CT molecular complexity index is 1210. The molecule has 1 amide bonds. The molecule has 3 aromatic carbocycles. The molecule has 8 heteroatoms. The molecule has 0 saturated carbocycles. The number of carbonyl (C=O) groups excluding carboxylic acids is 1. The van der Waals surface area contributed by atoms with Gasteiger partial charge in [0.2, 0.25) is 0 Å². The highest BCUT2D eigenvalue weighted by Crippen LogP contribution is 2.32. The van der Waals surface area contributed by atoms with Crippen LogP contribution in [0.15, 0.2) is 77.7 Å². The average Bonchev–Trinajstić information content (AvgIpc) is 2.82. The van der Waals surface area contributed by atoms with Crippen molar-refractivity contribution in [3.05, 3.63) is 83.9 Å². The Morgan fingerprint density at radius 1 is 0.938 bits per heavy atom. The van der Waals surface area contributed by atoms with Crippen molar-refractivity contribution in [2.24, 2.45) is 0 Å². The summed E-state index contributed by atoms with van der Waals surface area (Å²) in [4.78, 5) is 14.8. The summed E-state index contributed by atoms with van der Waals surface area (Å²) in [7, 11) is -3.87. The van der Waals surface area contributed by atoms with Gasteiger partial charge in [-0.3, -0.25) is 9.52 Å². The van der Waals surface area contributed by atoms with E-state index in [9.17, 15) is 13.2 Å². The van der Waals surface area contributed by atoms with Gasteiger partial charge in [0.15, 0.2) is 11.5 Å². The van der Waals surface area contributed by atoms with Crippen molar-refractivity contribution in [1.82, 2.24) is 4.90 Å². The van der Waals surface area contributed by atoms with Crippen molar-refractivity contribution in [2.45, 2.75) is 18.4 Å². The highest BCUT2D eigenvalue weighted by molar-refractivity contribution is 7.92. The first-order valence-corrected chi connectivity index (χ1v) is 11.8. The lowest BCUT2D eigenvalue weighted by molar-refractivity contribution is 0.0752. The van der Waals surface area contributed by atoms with E-state index in [2.05, 4.69) is 4.72 Å². The van der Waals surface area contributed by atoms with Crippen LogP contribution in [0.3, 0.4) is 0 Å². The van der Waals surface area contributed by atoms with E-state index in [4.69, 9.17) is 9.47 Å². The van der Waals surface area contributed by atoms with E-state index in [0.717, 1.165) is 5.56 Å².